The second kappa shape index (κ2) is 6.04. The van der Waals surface area contributed by atoms with Crippen molar-refractivity contribution in [2.24, 2.45) is 0 Å². The van der Waals surface area contributed by atoms with Gasteiger partial charge in [0.25, 0.3) is 0 Å². The van der Waals surface area contributed by atoms with Gasteiger partial charge in [-0.2, -0.15) is 0 Å². The van der Waals surface area contributed by atoms with Crippen LogP contribution in [-0.2, 0) is 4.79 Å². The first-order valence-electron chi connectivity index (χ1n) is 6.20. The van der Waals surface area contributed by atoms with Gasteiger partial charge in [0.2, 0.25) is 5.91 Å². The molecule has 1 N–H and O–H groups in total. The fraction of sp³-hybridized carbons (Fsp3) is 0.769. The Kier molecular flexibility index (Phi) is 5.00. The lowest BCUT2D eigenvalue weighted by Crippen LogP contribution is -2.45. The molecule has 0 aromatic rings. The van der Waals surface area contributed by atoms with Crippen molar-refractivity contribution < 1.29 is 4.79 Å². The Morgan fingerprint density at radius 1 is 1.38 bits per heavy atom. The summed E-state index contributed by atoms with van der Waals surface area (Å²) in [5.74, 6) is -0.0800. The zero-order valence-corrected chi connectivity index (χ0v) is 10.6. The summed E-state index contributed by atoms with van der Waals surface area (Å²) in [5, 5.41) is 2.96. The molecule has 1 heterocycles. The molecule has 3 heteroatoms. The van der Waals surface area contributed by atoms with Crippen molar-refractivity contribution in [1.82, 2.24) is 10.2 Å². The summed E-state index contributed by atoms with van der Waals surface area (Å²) >= 11 is 0. The van der Waals surface area contributed by atoms with Gasteiger partial charge in [0.05, 0.1) is 0 Å². The number of nitrogens with one attached hydrogen (secondary N) is 1. The molecule has 1 rings (SSSR count). The van der Waals surface area contributed by atoms with Gasteiger partial charge >= 0.3 is 0 Å². The monoisotopic (exact) mass is 224 g/mol. The van der Waals surface area contributed by atoms with E-state index in [1.165, 1.54) is 38.4 Å². The largest absolute Gasteiger partial charge is 0.348 e. The van der Waals surface area contributed by atoms with Gasteiger partial charge in [-0.3, -0.25) is 4.79 Å². The highest BCUT2D eigenvalue weighted by molar-refractivity contribution is 5.87. The van der Waals surface area contributed by atoms with Gasteiger partial charge in [-0.15, -0.1) is 0 Å². The van der Waals surface area contributed by atoms with Crippen molar-refractivity contribution in [3.63, 3.8) is 0 Å². The molecule has 0 bridgehead atoms. The minimum Gasteiger partial charge on any atom is -0.348 e. The van der Waals surface area contributed by atoms with Gasteiger partial charge in [0.15, 0.2) is 0 Å². The standard InChI is InChI=1S/C13H24N2O/c1-4-12(16)14-13(2,3)8-11-15-9-6-5-7-10-15/h4H,1,5-11H2,2-3H3,(H,14,16). The maximum Gasteiger partial charge on any atom is 0.243 e. The van der Waals surface area contributed by atoms with Gasteiger partial charge < -0.3 is 10.2 Å². The smallest absolute Gasteiger partial charge is 0.243 e. The predicted molar refractivity (Wildman–Crippen MR) is 67.3 cm³/mol. The highest BCUT2D eigenvalue weighted by Crippen LogP contribution is 2.13. The third-order valence-electron chi connectivity index (χ3n) is 3.15. The van der Waals surface area contributed by atoms with E-state index in [1.807, 2.05) is 0 Å². The quantitative estimate of drug-likeness (QED) is 0.724. The molecular weight excluding hydrogens is 200 g/mol. The highest BCUT2D eigenvalue weighted by atomic mass is 16.1. The maximum absolute atomic E-state index is 11.2. The number of hydrogen-bond donors (Lipinski definition) is 1. The van der Waals surface area contributed by atoms with Gasteiger partial charge in [0, 0.05) is 12.1 Å². The first-order chi connectivity index (χ1) is 7.53. The first-order valence-corrected chi connectivity index (χ1v) is 6.20. The van der Waals surface area contributed by atoms with Crippen molar-refractivity contribution in [2.45, 2.75) is 45.1 Å². The predicted octanol–water partition coefficient (Wildman–Crippen LogP) is 1.94. The summed E-state index contributed by atoms with van der Waals surface area (Å²) in [6.45, 7) is 11.1. The van der Waals surface area contributed by atoms with E-state index in [4.69, 9.17) is 0 Å². The molecule has 16 heavy (non-hydrogen) atoms. The van der Waals surface area contributed by atoms with Crippen LogP contribution in [0.25, 0.3) is 0 Å². The van der Waals surface area contributed by atoms with E-state index >= 15 is 0 Å². The van der Waals surface area contributed by atoms with E-state index in [2.05, 4.69) is 30.6 Å². The van der Waals surface area contributed by atoms with Gasteiger partial charge in [-0.25, -0.2) is 0 Å². The number of carbonyl (C=O) groups is 1. The molecular formula is C13H24N2O. The van der Waals surface area contributed by atoms with Crippen LogP contribution in [-0.4, -0.2) is 36.0 Å². The number of likely N-dealkylation sites (tertiary alicyclic amines) is 1. The fourth-order valence-corrected chi connectivity index (χ4v) is 2.07. The Morgan fingerprint density at radius 3 is 2.56 bits per heavy atom. The molecule has 0 aromatic heterocycles. The summed E-state index contributed by atoms with van der Waals surface area (Å²) < 4.78 is 0. The molecule has 0 aliphatic carbocycles. The first kappa shape index (κ1) is 13.2. The molecule has 92 valence electrons. The molecule has 3 nitrogen and oxygen atoms in total. The third-order valence-corrected chi connectivity index (χ3v) is 3.15. The summed E-state index contributed by atoms with van der Waals surface area (Å²) in [5.41, 5.74) is -0.136. The van der Waals surface area contributed by atoms with Gasteiger partial charge in [0.1, 0.15) is 0 Å². The van der Waals surface area contributed by atoms with Crippen LogP contribution in [0, 0.1) is 0 Å². The SMILES string of the molecule is C=CC(=O)NC(C)(C)CCN1CCCCC1. The molecule has 1 aliphatic rings. The van der Waals surface area contributed by atoms with Crippen molar-refractivity contribution in [3.05, 3.63) is 12.7 Å². The average molecular weight is 224 g/mol. The Labute approximate surface area is 98.9 Å². The van der Waals surface area contributed by atoms with E-state index in [9.17, 15) is 4.79 Å². The Hall–Kier alpha value is -0.830. The number of rotatable bonds is 5. The Bertz CT molecular complexity index is 242. The summed E-state index contributed by atoms with van der Waals surface area (Å²) in [6.07, 6.45) is 6.33. The molecule has 1 saturated heterocycles. The van der Waals surface area contributed by atoms with E-state index in [-0.39, 0.29) is 11.4 Å². The van der Waals surface area contributed by atoms with Crippen LogP contribution >= 0.6 is 0 Å². The molecule has 1 amide bonds. The molecule has 1 aliphatic heterocycles. The van der Waals surface area contributed by atoms with E-state index < -0.39 is 0 Å². The topological polar surface area (TPSA) is 32.3 Å². The third kappa shape index (κ3) is 4.79. The lowest BCUT2D eigenvalue weighted by molar-refractivity contribution is -0.118. The van der Waals surface area contributed by atoms with E-state index in [0.29, 0.717) is 0 Å². The van der Waals surface area contributed by atoms with Crippen LogP contribution in [0.3, 0.4) is 0 Å². The van der Waals surface area contributed by atoms with Gasteiger partial charge in [-0.05, 0) is 52.3 Å². The number of amides is 1. The number of nitrogens with zero attached hydrogens (tertiary/aromatic N) is 1. The van der Waals surface area contributed by atoms with Crippen LogP contribution in [0.15, 0.2) is 12.7 Å². The molecule has 0 unspecified atom stereocenters. The minimum atomic E-state index is -0.136. The van der Waals surface area contributed by atoms with Crippen LogP contribution in [0.5, 0.6) is 0 Å². The van der Waals surface area contributed by atoms with E-state index in [0.717, 1.165) is 13.0 Å². The highest BCUT2D eigenvalue weighted by Gasteiger charge is 2.20. The molecule has 0 radical (unpaired) electrons. The van der Waals surface area contributed by atoms with Crippen LogP contribution in [0.1, 0.15) is 39.5 Å². The minimum absolute atomic E-state index is 0.0800. The van der Waals surface area contributed by atoms with Crippen LogP contribution in [0.2, 0.25) is 0 Å². The van der Waals surface area contributed by atoms with Crippen molar-refractivity contribution >= 4 is 5.91 Å². The van der Waals surface area contributed by atoms with E-state index in [1.54, 1.807) is 0 Å². The Balaban J connectivity index is 2.28. The summed E-state index contributed by atoms with van der Waals surface area (Å²) in [6, 6.07) is 0. The second-order valence-electron chi connectivity index (χ2n) is 5.23. The molecule has 1 fully saturated rings. The number of piperidine rings is 1. The lowest BCUT2D eigenvalue weighted by Gasteiger charge is -2.31. The summed E-state index contributed by atoms with van der Waals surface area (Å²) in [4.78, 5) is 13.7. The van der Waals surface area contributed by atoms with Gasteiger partial charge in [-0.1, -0.05) is 13.0 Å². The van der Waals surface area contributed by atoms with Crippen LogP contribution in [0.4, 0.5) is 0 Å². The zero-order valence-electron chi connectivity index (χ0n) is 10.6. The Morgan fingerprint density at radius 2 is 2.00 bits per heavy atom. The van der Waals surface area contributed by atoms with Crippen molar-refractivity contribution in [3.8, 4) is 0 Å². The average Bonchev–Trinajstić information content (AvgIpc) is 2.27. The maximum atomic E-state index is 11.2. The lowest BCUT2D eigenvalue weighted by atomic mass is 9.99. The second-order valence-corrected chi connectivity index (χ2v) is 5.23. The fourth-order valence-electron chi connectivity index (χ4n) is 2.07. The molecule has 0 spiro atoms. The normalized spacial score (nSPS) is 18.1. The zero-order chi connectivity index (χ0) is 12.0. The van der Waals surface area contributed by atoms with Crippen LogP contribution < -0.4 is 5.32 Å². The number of hydrogen-bond acceptors (Lipinski definition) is 2. The molecule has 0 atom stereocenters. The van der Waals surface area contributed by atoms with Crippen molar-refractivity contribution in [1.29, 1.82) is 0 Å². The summed E-state index contributed by atoms with van der Waals surface area (Å²) in [7, 11) is 0. The molecule has 0 saturated carbocycles. The number of carbonyl (C=O) groups excluding carboxylic acids is 1. The molecule has 0 aromatic carbocycles. The van der Waals surface area contributed by atoms with Crippen molar-refractivity contribution in [2.75, 3.05) is 19.6 Å².